The van der Waals surface area contributed by atoms with E-state index < -0.39 is 29.6 Å². The summed E-state index contributed by atoms with van der Waals surface area (Å²) in [7, 11) is -4.04. The molecule has 4 N–H and O–H groups in total. The highest BCUT2D eigenvalue weighted by Gasteiger charge is 2.50. The Labute approximate surface area is 259 Å². The number of ether oxygens (including phenoxy) is 2. The molecule has 9 nitrogen and oxygen atoms in total. The lowest BCUT2D eigenvalue weighted by atomic mass is 9.75. The summed E-state index contributed by atoms with van der Waals surface area (Å²) in [6, 6.07) is 11.4. The van der Waals surface area contributed by atoms with Gasteiger partial charge in [0.05, 0.1) is 41.6 Å². The van der Waals surface area contributed by atoms with Crippen LogP contribution in [0.5, 0.6) is 5.75 Å². The van der Waals surface area contributed by atoms with Crippen molar-refractivity contribution >= 4 is 32.3 Å². The first-order valence-electron chi connectivity index (χ1n) is 14.8. The average Bonchev–Trinajstić information content (AvgIpc) is 3.27. The standard InChI is InChI=1S/C31H35F4N5O4S/c32-20-44-29-14-24(45(36,41)42)10-11-27(29)37-12-2-3-23-13-25-26(4-1-5-28(25)40(23)17-31(33,34)35)38-21-6-8-22(9-7-21)39-15-30(16-39)18-43-19-30/h1,4-5,10-11,13-14,21-22,37-38H,6-9,12,15-20H2,(H2,36,41,42)/t21-,22+. The van der Waals surface area contributed by atoms with Gasteiger partial charge in [-0.15, -0.1) is 0 Å². The van der Waals surface area contributed by atoms with Crippen molar-refractivity contribution in [3.05, 3.63) is 48.2 Å². The fraction of sp³-hybridized carbons (Fsp3) is 0.484. The molecule has 6 rings (SSSR count). The monoisotopic (exact) mass is 649 g/mol. The summed E-state index contributed by atoms with van der Waals surface area (Å²) in [5, 5.41) is 12.3. The van der Waals surface area contributed by atoms with Crippen LogP contribution >= 0.6 is 0 Å². The zero-order chi connectivity index (χ0) is 31.8. The van der Waals surface area contributed by atoms with E-state index in [-0.39, 0.29) is 34.6 Å². The van der Waals surface area contributed by atoms with Crippen molar-refractivity contribution in [1.29, 1.82) is 0 Å². The molecule has 3 fully saturated rings. The maximum absolute atomic E-state index is 13.6. The fourth-order valence-electron chi connectivity index (χ4n) is 6.59. The van der Waals surface area contributed by atoms with Gasteiger partial charge in [-0.2, -0.15) is 13.2 Å². The van der Waals surface area contributed by atoms with Gasteiger partial charge in [0.15, 0.2) is 0 Å². The minimum Gasteiger partial charge on any atom is -0.461 e. The van der Waals surface area contributed by atoms with Gasteiger partial charge in [0, 0.05) is 47.7 Å². The van der Waals surface area contributed by atoms with E-state index in [0.717, 1.165) is 68.3 Å². The number of nitrogens with one attached hydrogen (secondary N) is 2. The van der Waals surface area contributed by atoms with E-state index in [9.17, 15) is 26.0 Å². The number of aromatic nitrogens is 1. The lowest BCUT2D eigenvalue weighted by Gasteiger charge is -2.58. The smallest absolute Gasteiger partial charge is 0.406 e. The largest absolute Gasteiger partial charge is 0.461 e. The number of hydrogen-bond donors (Lipinski definition) is 3. The SMILES string of the molecule is NS(=O)(=O)c1ccc(NCC#Cc2cc3c(N[C@H]4CC[C@@H](N5CC6(COC6)C5)CC4)cccc3n2CC(F)(F)F)c(OCF)c1. The van der Waals surface area contributed by atoms with Crippen LogP contribution < -0.4 is 20.5 Å². The van der Waals surface area contributed by atoms with Gasteiger partial charge in [-0.25, -0.2) is 17.9 Å². The Morgan fingerprint density at radius 3 is 2.47 bits per heavy atom. The zero-order valence-corrected chi connectivity index (χ0v) is 25.3. The molecular weight excluding hydrogens is 614 g/mol. The number of nitrogens with two attached hydrogens (primary N) is 1. The molecule has 3 heterocycles. The van der Waals surface area contributed by atoms with Crippen molar-refractivity contribution in [3.63, 3.8) is 0 Å². The number of hydrogen-bond acceptors (Lipinski definition) is 7. The van der Waals surface area contributed by atoms with E-state index in [4.69, 9.17) is 14.6 Å². The molecule has 0 amide bonds. The van der Waals surface area contributed by atoms with E-state index in [2.05, 4.69) is 27.4 Å². The van der Waals surface area contributed by atoms with Crippen molar-refractivity contribution < 1.29 is 35.5 Å². The number of sulfonamides is 1. The summed E-state index contributed by atoms with van der Waals surface area (Å²) in [5.41, 5.74) is 2.03. The minimum atomic E-state index is -4.47. The van der Waals surface area contributed by atoms with Crippen LogP contribution in [0, 0.1) is 17.3 Å². The van der Waals surface area contributed by atoms with Gasteiger partial charge in [-0.1, -0.05) is 12.0 Å². The van der Waals surface area contributed by atoms with E-state index in [1.54, 1.807) is 18.2 Å². The summed E-state index contributed by atoms with van der Waals surface area (Å²) < 4.78 is 88.5. The minimum absolute atomic E-state index is 0.0373. The molecule has 1 saturated carbocycles. The molecule has 3 aromatic rings. The molecule has 2 aromatic carbocycles. The van der Waals surface area contributed by atoms with Crippen LogP contribution in [-0.4, -0.2) is 75.9 Å². The molecule has 1 aliphatic carbocycles. The molecule has 45 heavy (non-hydrogen) atoms. The Bertz CT molecular complexity index is 1710. The Kier molecular flexibility index (Phi) is 8.64. The molecule has 0 atom stereocenters. The number of fused-ring (bicyclic) bond motifs is 1. The van der Waals surface area contributed by atoms with Crippen molar-refractivity contribution in [3.8, 4) is 17.6 Å². The Balaban J connectivity index is 1.16. The van der Waals surface area contributed by atoms with Gasteiger partial charge >= 0.3 is 6.18 Å². The molecule has 3 aliphatic rings. The second-order valence-electron chi connectivity index (χ2n) is 12.1. The van der Waals surface area contributed by atoms with Crippen LogP contribution in [0.1, 0.15) is 31.4 Å². The normalized spacial score (nSPS) is 21.4. The first-order valence-corrected chi connectivity index (χ1v) is 16.3. The molecule has 2 aliphatic heterocycles. The second-order valence-corrected chi connectivity index (χ2v) is 13.7. The predicted molar refractivity (Wildman–Crippen MR) is 162 cm³/mol. The topological polar surface area (TPSA) is 111 Å². The number of likely N-dealkylation sites (tertiary alicyclic amines) is 1. The lowest BCUT2D eigenvalue weighted by molar-refractivity contribution is -0.200. The Morgan fingerprint density at radius 1 is 1.07 bits per heavy atom. The van der Waals surface area contributed by atoms with Crippen LogP contribution in [0.15, 0.2) is 47.4 Å². The van der Waals surface area contributed by atoms with E-state index in [1.807, 2.05) is 6.07 Å². The van der Waals surface area contributed by atoms with Crippen LogP contribution in [0.4, 0.5) is 28.9 Å². The van der Waals surface area contributed by atoms with Crippen LogP contribution in [-0.2, 0) is 21.3 Å². The van der Waals surface area contributed by atoms with Crippen LogP contribution in [0.3, 0.4) is 0 Å². The zero-order valence-electron chi connectivity index (χ0n) is 24.5. The van der Waals surface area contributed by atoms with E-state index in [0.29, 0.717) is 22.4 Å². The summed E-state index contributed by atoms with van der Waals surface area (Å²) in [5.74, 6) is 5.56. The maximum Gasteiger partial charge on any atom is 0.406 e. The summed E-state index contributed by atoms with van der Waals surface area (Å²) in [6.45, 7) is 1.51. The predicted octanol–water partition coefficient (Wildman–Crippen LogP) is 4.68. The van der Waals surface area contributed by atoms with E-state index in [1.165, 1.54) is 12.1 Å². The van der Waals surface area contributed by atoms with Crippen molar-refractivity contribution in [2.75, 3.05) is 50.3 Å². The summed E-state index contributed by atoms with van der Waals surface area (Å²) in [6.07, 6.45) is -0.352. The van der Waals surface area contributed by atoms with Gasteiger partial charge in [0.1, 0.15) is 12.3 Å². The van der Waals surface area contributed by atoms with Gasteiger partial charge in [-0.3, -0.25) is 4.90 Å². The molecular formula is C31H35F4N5O4S. The van der Waals surface area contributed by atoms with E-state index >= 15 is 0 Å². The number of anilines is 2. The first-order chi connectivity index (χ1) is 21.4. The molecule has 0 unspecified atom stereocenters. The van der Waals surface area contributed by atoms with Crippen molar-refractivity contribution in [2.24, 2.45) is 10.6 Å². The van der Waals surface area contributed by atoms with Gasteiger partial charge in [0.2, 0.25) is 16.9 Å². The van der Waals surface area contributed by atoms with Crippen molar-refractivity contribution in [1.82, 2.24) is 9.47 Å². The Morgan fingerprint density at radius 2 is 1.82 bits per heavy atom. The molecule has 0 bridgehead atoms. The quantitative estimate of drug-likeness (QED) is 0.228. The molecule has 0 radical (unpaired) electrons. The number of alkyl halides is 4. The highest BCUT2D eigenvalue weighted by atomic mass is 32.2. The second kappa shape index (κ2) is 12.4. The van der Waals surface area contributed by atoms with Crippen LogP contribution in [0.25, 0.3) is 10.9 Å². The molecule has 242 valence electrons. The number of nitrogens with zero attached hydrogens (tertiary/aromatic N) is 2. The molecule has 1 spiro atoms. The number of primary sulfonamides is 1. The molecule has 1 aromatic heterocycles. The summed E-state index contributed by atoms with van der Waals surface area (Å²) >= 11 is 0. The third-order valence-electron chi connectivity index (χ3n) is 8.82. The molecule has 2 saturated heterocycles. The number of benzene rings is 2. The average molecular weight is 650 g/mol. The fourth-order valence-corrected chi connectivity index (χ4v) is 7.12. The lowest BCUT2D eigenvalue weighted by Crippen LogP contribution is -2.68. The highest BCUT2D eigenvalue weighted by molar-refractivity contribution is 7.89. The van der Waals surface area contributed by atoms with Crippen LogP contribution in [0.2, 0.25) is 0 Å². The third kappa shape index (κ3) is 7.01. The van der Waals surface area contributed by atoms with Gasteiger partial charge < -0.3 is 24.7 Å². The molecule has 14 heteroatoms. The van der Waals surface area contributed by atoms with Crippen molar-refractivity contribution in [2.45, 2.75) is 55.4 Å². The van der Waals surface area contributed by atoms with Gasteiger partial charge in [0.25, 0.3) is 0 Å². The highest BCUT2D eigenvalue weighted by Crippen LogP contribution is 2.41. The third-order valence-corrected chi connectivity index (χ3v) is 9.74. The van der Waals surface area contributed by atoms with Gasteiger partial charge in [-0.05, 0) is 61.9 Å². The first kappa shape index (κ1) is 31.5. The number of halogens is 4. The maximum atomic E-state index is 13.6. The number of rotatable bonds is 9. The summed E-state index contributed by atoms with van der Waals surface area (Å²) in [4.78, 5) is 2.30. The Hall–Kier alpha value is -3.51.